The first kappa shape index (κ1) is 8.94. The maximum absolute atomic E-state index is 11.1. The van der Waals surface area contributed by atoms with E-state index in [-0.39, 0.29) is 11.7 Å². The van der Waals surface area contributed by atoms with Crippen molar-refractivity contribution in [1.29, 1.82) is 0 Å². The Kier molecular flexibility index (Phi) is 2.08. The lowest BCUT2D eigenvalue weighted by Crippen LogP contribution is -2.03. The molecule has 1 amide bonds. The molecule has 72 valence electrons. The van der Waals surface area contributed by atoms with Gasteiger partial charge in [0.1, 0.15) is 5.78 Å². The second kappa shape index (κ2) is 3.25. The smallest absolute Gasteiger partial charge is 0.228 e. The molecule has 1 N–H and O–H groups in total. The van der Waals surface area contributed by atoms with E-state index in [0.29, 0.717) is 12.8 Å². The van der Waals surface area contributed by atoms with Crippen molar-refractivity contribution in [3.8, 4) is 0 Å². The fraction of sp³-hybridized carbons (Fsp3) is 0.273. The number of hydrogen-bond acceptors (Lipinski definition) is 2. The molecule has 2 rings (SSSR count). The Bertz CT molecular complexity index is 410. The van der Waals surface area contributed by atoms with E-state index in [1.807, 2.05) is 18.2 Å². The predicted octanol–water partition coefficient (Wildman–Crippen LogP) is 1.31. The van der Waals surface area contributed by atoms with Crippen molar-refractivity contribution in [3.05, 3.63) is 29.3 Å². The molecule has 1 aliphatic heterocycles. The Morgan fingerprint density at radius 1 is 1.50 bits per heavy atom. The van der Waals surface area contributed by atoms with Crippen molar-refractivity contribution in [3.63, 3.8) is 0 Å². The van der Waals surface area contributed by atoms with Crippen LogP contribution in [0.15, 0.2) is 18.2 Å². The lowest BCUT2D eigenvalue weighted by molar-refractivity contribution is -0.116. The zero-order valence-corrected chi connectivity index (χ0v) is 7.96. The number of Topliss-reactive ketones (excluding diaryl/α,β-unsaturated/α-hetero) is 1. The van der Waals surface area contributed by atoms with Gasteiger partial charge in [-0.15, -0.1) is 0 Å². The first-order valence-corrected chi connectivity index (χ1v) is 4.56. The quantitative estimate of drug-likeness (QED) is 0.762. The number of nitrogens with one attached hydrogen (secondary N) is 1. The molecule has 0 atom stereocenters. The van der Waals surface area contributed by atoms with Crippen LogP contribution in [0.1, 0.15) is 18.1 Å². The van der Waals surface area contributed by atoms with Gasteiger partial charge in [-0.05, 0) is 24.1 Å². The molecule has 1 aromatic carbocycles. The molecule has 0 fully saturated rings. The lowest BCUT2D eigenvalue weighted by Gasteiger charge is -2.01. The first-order valence-electron chi connectivity index (χ1n) is 4.56. The van der Waals surface area contributed by atoms with Crippen LogP contribution in [0.5, 0.6) is 0 Å². The van der Waals surface area contributed by atoms with E-state index in [4.69, 9.17) is 0 Å². The van der Waals surface area contributed by atoms with E-state index >= 15 is 0 Å². The summed E-state index contributed by atoms with van der Waals surface area (Å²) in [6, 6.07) is 5.69. The molecule has 0 saturated carbocycles. The van der Waals surface area contributed by atoms with Gasteiger partial charge in [0.05, 0.1) is 6.42 Å². The van der Waals surface area contributed by atoms with E-state index in [1.54, 1.807) is 6.92 Å². The van der Waals surface area contributed by atoms with Gasteiger partial charge in [0, 0.05) is 12.1 Å². The molecule has 1 aromatic rings. The van der Waals surface area contributed by atoms with Crippen LogP contribution in [-0.4, -0.2) is 11.7 Å². The number of carbonyl (C=O) groups is 2. The van der Waals surface area contributed by atoms with Gasteiger partial charge in [-0.2, -0.15) is 0 Å². The third kappa shape index (κ3) is 1.66. The average Bonchev–Trinajstić information content (AvgIpc) is 2.42. The number of fused-ring (bicyclic) bond motifs is 1. The Hall–Kier alpha value is -1.64. The van der Waals surface area contributed by atoms with Crippen LogP contribution in [-0.2, 0) is 22.4 Å². The van der Waals surface area contributed by atoms with Crippen molar-refractivity contribution in [2.45, 2.75) is 19.8 Å². The summed E-state index contributed by atoms with van der Waals surface area (Å²) in [6.07, 6.45) is 0.888. The van der Waals surface area contributed by atoms with Crippen LogP contribution in [0.25, 0.3) is 0 Å². The molecular weight excluding hydrogens is 178 g/mol. The first-order chi connectivity index (χ1) is 6.65. The second-order valence-corrected chi connectivity index (χ2v) is 3.60. The van der Waals surface area contributed by atoms with E-state index in [1.165, 1.54) is 0 Å². The van der Waals surface area contributed by atoms with Crippen molar-refractivity contribution in [1.82, 2.24) is 0 Å². The van der Waals surface area contributed by atoms with Crippen LogP contribution in [0.4, 0.5) is 5.69 Å². The van der Waals surface area contributed by atoms with Gasteiger partial charge in [0.25, 0.3) is 0 Å². The SMILES string of the molecule is CC(=O)Cc1ccc2c(c1)NC(=O)C2. The highest BCUT2D eigenvalue weighted by molar-refractivity contribution is 5.99. The zero-order valence-electron chi connectivity index (χ0n) is 7.96. The summed E-state index contributed by atoms with van der Waals surface area (Å²) in [5.41, 5.74) is 2.83. The number of benzene rings is 1. The number of rotatable bonds is 2. The number of anilines is 1. The third-order valence-electron chi connectivity index (χ3n) is 2.25. The summed E-state index contributed by atoms with van der Waals surface area (Å²) in [5, 5.41) is 2.76. The highest BCUT2D eigenvalue weighted by Gasteiger charge is 2.17. The molecule has 0 saturated heterocycles. The molecule has 1 heterocycles. The minimum atomic E-state index is 0.0278. The molecule has 3 heteroatoms. The average molecular weight is 189 g/mol. The fourth-order valence-corrected chi connectivity index (χ4v) is 1.66. The highest BCUT2D eigenvalue weighted by atomic mass is 16.1. The molecule has 0 aromatic heterocycles. The summed E-state index contributed by atoms with van der Waals surface area (Å²) in [6.45, 7) is 1.56. The minimum absolute atomic E-state index is 0.0278. The maximum atomic E-state index is 11.1. The Balaban J connectivity index is 2.28. The summed E-state index contributed by atoms with van der Waals surface area (Å²) in [4.78, 5) is 21.9. The molecule has 3 nitrogen and oxygen atoms in total. The van der Waals surface area contributed by atoms with Crippen LogP contribution in [0, 0.1) is 0 Å². The molecular formula is C11H11NO2. The van der Waals surface area contributed by atoms with Gasteiger partial charge in [0.2, 0.25) is 5.91 Å². The van der Waals surface area contributed by atoms with Crippen LogP contribution < -0.4 is 5.32 Å². The van der Waals surface area contributed by atoms with Crippen LogP contribution in [0.3, 0.4) is 0 Å². The fourth-order valence-electron chi connectivity index (χ4n) is 1.66. The van der Waals surface area contributed by atoms with Gasteiger partial charge in [0.15, 0.2) is 0 Å². The lowest BCUT2D eigenvalue weighted by atomic mass is 10.1. The predicted molar refractivity (Wildman–Crippen MR) is 53.2 cm³/mol. The molecule has 14 heavy (non-hydrogen) atoms. The van der Waals surface area contributed by atoms with Crippen molar-refractivity contribution in [2.75, 3.05) is 5.32 Å². The number of amides is 1. The van der Waals surface area contributed by atoms with Crippen LogP contribution in [0.2, 0.25) is 0 Å². The minimum Gasteiger partial charge on any atom is -0.326 e. The molecule has 0 spiro atoms. The summed E-state index contributed by atoms with van der Waals surface area (Å²) in [5.74, 6) is 0.161. The molecule has 1 aliphatic rings. The van der Waals surface area contributed by atoms with Crippen molar-refractivity contribution >= 4 is 17.4 Å². The molecule has 0 radical (unpaired) electrons. The second-order valence-electron chi connectivity index (χ2n) is 3.60. The van der Waals surface area contributed by atoms with Gasteiger partial charge < -0.3 is 5.32 Å². The number of carbonyl (C=O) groups excluding carboxylic acids is 2. The highest BCUT2D eigenvalue weighted by Crippen LogP contribution is 2.24. The summed E-state index contributed by atoms with van der Waals surface area (Å²) >= 11 is 0. The molecule has 0 unspecified atom stereocenters. The van der Waals surface area contributed by atoms with Crippen LogP contribution >= 0.6 is 0 Å². The Morgan fingerprint density at radius 2 is 2.29 bits per heavy atom. The summed E-state index contributed by atoms with van der Waals surface area (Å²) in [7, 11) is 0. The van der Waals surface area contributed by atoms with Gasteiger partial charge in [-0.25, -0.2) is 0 Å². The topological polar surface area (TPSA) is 46.2 Å². The normalized spacial score (nSPS) is 13.6. The van der Waals surface area contributed by atoms with Crippen molar-refractivity contribution < 1.29 is 9.59 Å². The molecule has 0 aliphatic carbocycles. The maximum Gasteiger partial charge on any atom is 0.228 e. The van der Waals surface area contributed by atoms with E-state index in [0.717, 1.165) is 16.8 Å². The standard InChI is InChI=1S/C11H11NO2/c1-7(13)4-8-2-3-9-6-11(14)12-10(9)5-8/h2-3,5H,4,6H2,1H3,(H,12,14). The number of ketones is 1. The van der Waals surface area contributed by atoms with Gasteiger partial charge in [-0.1, -0.05) is 12.1 Å². The largest absolute Gasteiger partial charge is 0.326 e. The van der Waals surface area contributed by atoms with E-state index < -0.39 is 0 Å². The summed E-state index contributed by atoms with van der Waals surface area (Å²) < 4.78 is 0. The Labute approximate surface area is 82.1 Å². The zero-order chi connectivity index (χ0) is 10.1. The van der Waals surface area contributed by atoms with Gasteiger partial charge in [-0.3, -0.25) is 9.59 Å². The number of hydrogen-bond donors (Lipinski definition) is 1. The Morgan fingerprint density at radius 3 is 3.00 bits per heavy atom. The van der Waals surface area contributed by atoms with Crippen molar-refractivity contribution in [2.24, 2.45) is 0 Å². The monoisotopic (exact) mass is 189 g/mol. The van der Waals surface area contributed by atoms with E-state index in [9.17, 15) is 9.59 Å². The van der Waals surface area contributed by atoms with Gasteiger partial charge >= 0.3 is 0 Å². The molecule has 0 bridgehead atoms. The van der Waals surface area contributed by atoms with E-state index in [2.05, 4.69) is 5.32 Å². The third-order valence-corrected chi connectivity index (χ3v) is 2.25.